The fraction of sp³-hybridized carbons (Fsp3) is 0.435. The Morgan fingerprint density at radius 3 is 2.61 bits per heavy atom. The van der Waals surface area contributed by atoms with E-state index in [0.29, 0.717) is 22.9 Å². The molecule has 4 rings (SSSR count). The minimum atomic E-state index is 0.0442. The van der Waals surface area contributed by atoms with Crippen LogP contribution in [0.4, 0.5) is 0 Å². The number of rotatable bonds is 3. The summed E-state index contributed by atoms with van der Waals surface area (Å²) in [4.78, 5) is 20.1. The summed E-state index contributed by atoms with van der Waals surface area (Å²) in [5, 5.41) is 4.78. The van der Waals surface area contributed by atoms with Gasteiger partial charge in [-0.2, -0.15) is 0 Å². The van der Waals surface area contributed by atoms with Crippen LogP contribution in [0.2, 0.25) is 0 Å². The molecule has 3 heterocycles. The van der Waals surface area contributed by atoms with E-state index in [-0.39, 0.29) is 17.9 Å². The minimum absolute atomic E-state index is 0.0442. The van der Waals surface area contributed by atoms with E-state index < -0.39 is 0 Å². The Morgan fingerprint density at radius 1 is 1.21 bits per heavy atom. The van der Waals surface area contributed by atoms with E-state index in [1.165, 1.54) is 11.1 Å². The summed E-state index contributed by atoms with van der Waals surface area (Å²) in [6.07, 6.45) is 0.975. The number of hydrogen-bond acceptors (Lipinski definition) is 4. The molecule has 0 bridgehead atoms. The third kappa shape index (κ3) is 3.19. The monoisotopic (exact) mass is 377 g/mol. The van der Waals surface area contributed by atoms with E-state index in [1.54, 1.807) is 0 Å². The van der Waals surface area contributed by atoms with Crippen LogP contribution in [0.25, 0.3) is 11.1 Å². The fourth-order valence-electron chi connectivity index (χ4n) is 4.13. The number of amides is 1. The molecular formula is C23H27N3O2. The molecule has 1 aromatic carbocycles. The van der Waals surface area contributed by atoms with Crippen molar-refractivity contribution < 1.29 is 9.32 Å². The Balaban J connectivity index is 1.69. The molecule has 1 fully saturated rings. The predicted octanol–water partition coefficient (Wildman–Crippen LogP) is 4.98. The summed E-state index contributed by atoms with van der Waals surface area (Å²) >= 11 is 0. The van der Waals surface area contributed by atoms with Crippen LogP contribution in [0.5, 0.6) is 0 Å². The molecular weight excluding hydrogens is 350 g/mol. The number of pyridine rings is 1. The lowest BCUT2D eigenvalue weighted by Crippen LogP contribution is -2.34. The van der Waals surface area contributed by atoms with Gasteiger partial charge in [-0.1, -0.05) is 48.8 Å². The average Bonchev–Trinajstić information content (AvgIpc) is 3.24. The topological polar surface area (TPSA) is 59.2 Å². The van der Waals surface area contributed by atoms with Gasteiger partial charge >= 0.3 is 0 Å². The molecule has 0 spiro atoms. The minimum Gasteiger partial charge on any atom is -0.336 e. The van der Waals surface area contributed by atoms with Crippen LogP contribution in [0.3, 0.4) is 0 Å². The van der Waals surface area contributed by atoms with Gasteiger partial charge in [0.05, 0.1) is 16.6 Å². The Hall–Kier alpha value is -2.69. The molecule has 5 nitrogen and oxygen atoms in total. The molecule has 0 aliphatic carbocycles. The number of carbonyl (C=O) groups is 1. The Bertz CT molecular complexity index is 1020. The standard InChI is InChI=1S/C23H27N3O2/c1-13(2)20-11-19(21-16(5)25-28-22(21)24-20)23(27)26-12-18(10-15(26)4)17-8-6-14(3)7-9-17/h6-9,11,13,15,18H,10,12H2,1-5H3/t15-,18+/m1/s1. The van der Waals surface area contributed by atoms with E-state index in [0.717, 1.165) is 24.0 Å². The van der Waals surface area contributed by atoms with Crippen LogP contribution in [0.1, 0.15) is 71.9 Å². The molecule has 3 aromatic rings. The number of carbonyl (C=O) groups excluding carboxylic acids is 1. The first kappa shape index (κ1) is 18.7. The van der Waals surface area contributed by atoms with Crippen molar-refractivity contribution in [3.05, 3.63) is 58.4 Å². The van der Waals surface area contributed by atoms with Crippen molar-refractivity contribution in [3.8, 4) is 0 Å². The molecule has 1 aliphatic heterocycles. The SMILES string of the molecule is Cc1ccc([C@H]2C[C@@H](C)N(C(=O)c3cc(C(C)C)nc4onc(C)c34)C2)cc1. The molecule has 28 heavy (non-hydrogen) atoms. The van der Waals surface area contributed by atoms with Gasteiger partial charge in [-0.3, -0.25) is 4.79 Å². The average molecular weight is 377 g/mol. The van der Waals surface area contributed by atoms with Gasteiger partial charge in [0.25, 0.3) is 11.6 Å². The summed E-state index contributed by atoms with van der Waals surface area (Å²) in [6, 6.07) is 10.8. The third-order valence-corrected chi connectivity index (χ3v) is 5.84. The second kappa shape index (κ2) is 7.04. The zero-order valence-electron chi connectivity index (χ0n) is 17.2. The van der Waals surface area contributed by atoms with E-state index in [2.05, 4.69) is 62.1 Å². The molecule has 5 heteroatoms. The maximum Gasteiger partial charge on any atom is 0.259 e. The fourth-order valence-corrected chi connectivity index (χ4v) is 4.13. The highest BCUT2D eigenvalue weighted by Crippen LogP contribution is 2.34. The highest BCUT2D eigenvalue weighted by molar-refractivity contribution is 6.06. The molecule has 2 atom stereocenters. The lowest BCUT2D eigenvalue weighted by atomic mass is 9.96. The molecule has 146 valence electrons. The molecule has 1 aliphatic rings. The van der Waals surface area contributed by atoms with Crippen LogP contribution >= 0.6 is 0 Å². The van der Waals surface area contributed by atoms with Crippen LogP contribution in [-0.4, -0.2) is 33.5 Å². The van der Waals surface area contributed by atoms with Gasteiger partial charge in [0.15, 0.2) is 0 Å². The Morgan fingerprint density at radius 2 is 1.93 bits per heavy atom. The van der Waals surface area contributed by atoms with E-state index in [9.17, 15) is 4.79 Å². The molecule has 0 radical (unpaired) electrons. The van der Waals surface area contributed by atoms with Crippen molar-refractivity contribution in [2.45, 2.75) is 58.9 Å². The summed E-state index contributed by atoms with van der Waals surface area (Å²) in [6.45, 7) is 11.0. The normalized spacial score (nSPS) is 19.7. The third-order valence-electron chi connectivity index (χ3n) is 5.84. The summed E-state index contributed by atoms with van der Waals surface area (Å²) in [5.41, 5.74) is 5.23. The van der Waals surface area contributed by atoms with Gasteiger partial charge in [0.2, 0.25) is 0 Å². The maximum atomic E-state index is 13.6. The molecule has 2 aromatic heterocycles. The summed E-state index contributed by atoms with van der Waals surface area (Å²) in [5.74, 6) is 0.616. The summed E-state index contributed by atoms with van der Waals surface area (Å²) < 4.78 is 5.39. The first-order chi connectivity index (χ1) is 13.3. The first-order valence-electron chi connectivity index (χ1n) is 9.99. The lowest BCUT2D eigenvalue weighted by Gasteiger charge is -2.22. The number of hydrogen-bond donors (Lipinski definition) is 0. The number of aryl methyl sites for hydroxylation is 2. The quantitative estimate of drug-likeness (QED) is 0.646. The van der Waals surface area contributed by atoms with Crippen molar-refractivity contribution in [3.63, 3.8) is 0 Å². The smallest absolute Gasteiger partial charge is 0.259 e. The number of likely N-dealkylation sites (tertiary alicyclic amines) is 1. The van der Waals surface area contributed by atoms with Crippen molar-refractivity contribution in [1.82, 2.24) is 15.0 Å². The molecule has 0 saturated carbocycles. The highest BCUT2D eigenvalue weighted by atomic mass is 16.5. The van der Waals surface area contributed by atoms with Gasteiger partial charge in [0, 0.05) is 24.2 Å². The molecule has 1 amide bonds. The zero-order chi connectivity index (χ0) is 20.0. The molecule has 1 saturated heterocycles. The van der Waals surface area contributed by atoms with E-state index in [4.69, 9.17) is 4.52 Å². The largest absolute Gasteiger partial charge is 0.336 e. The zero-order valence-corrected chi connectivity index (χ0v) is 17.2. The number of benzene rings is 1. The van der Waals surface area contributed by atoms with Gasteiger partial charge in [-0.15, -0.1) is 0 Å². The number of fused-ring (bicyclic) bond motifs is 1. The van der Waals surface area contributed by atoms with Crippen molar-refractivity contribution >= 4 is 17.0 Å². The number of aromatic nitrogens is 2. The van der Waals surface area contributed by atoms with Gasteiger partial charge in [0.1, 0.15) is 0 Å². The van der Waals surface area contributed by atoms with Crippen molar-refractivity contribution in [2.75, 3.05) is 6.54 Å². The second-order valence-corrected chi connectivity index (χ2v) is 8.35. The van der Waals surface area contributed by atoms with Crippen LogP contribution in [-0.2, 0) is 0 Å². The first-order valence-corrected chi connectivity index (χ1v) is 9.99. The van der Waals surface area contributed by atoms with Crippen molar-refractivity contribution in [1.29, 1.82) is 0 Å². The van der Waals surface area contributed by atoms with E-state index in [1.807, 2.05) is 17.9 Å². The van der Waals surface area contributed by atoms with Gasteiger partial charge in [-0.25, -0.2) is 4.98 Å². The molecule has 0 N–H and O–H groups in total. The van der Waals surface area contributed by atoms with Crippen LogP contribution in [0.15, 0.2) is 34.9 Å². The van der Waals surface area contributed by atoms with Crippen LogP contribution in [0, 0.1) is 13.8 Å². The van der Waals surface area contributed by atoms with Crippen LogP contribution < -0.4 is 0 Å². The molecule has 0 unspecified atom stereocenters. The second-order valence-electron chi connectivity index (χ2n) is 8.35. The highest BCUT2D eigenvalue weighted by Gasteiger charge is 2.35. The van der Waals surface area contributed by atoms with Crippen molar-refractivity contribution in [2.24, 2.45) is 0 Å². The summed E-state index contributed by atoms with van der Waals surface area (Å²) in [7, 11) is 0. The Labute approximate surface area is 165 Å². The predicted molar refractivity (Wildman–Crippen MR) is 110 cm³/mol. The Kier molecular flexibility index (Phi) is 4.69. The maximum absolute atomic E-state index is 13.6. The van der Waals surface area contributed by atoms with E-state index >= 15 is 0 Å². The van der Waals surface area contributed by atoms with Gasteiger partial charge in [-0.05, 0) is 44.7 Å². The lowest BCUT2D eigenvalue weighted by molar-refractivity contribution is 0.0747. The number of nitrogens with zero attached hydrogens (tertiary/aromatic N) is 3. The van der Waals surface area contributed by atoms with Gasteiger partial charge < -0.3 is 9.42 Å².